The second kappa shape index (κ2) is 12.3. The zero-order chi connectivity index (χ0) is 25.4. The number of hydrogen-bond donors (Lipinski definition) is 2. The van der Waals surface area contributed by atoms with Crippen LogP contribution in [-0.2, 0) is 4.74 Å². The molecular weight excluding hydrogens is 456 g/mol. The van der Waals surface area contributed by atoms with E-state index in [1.807, 2.05) is 25.4 Å². The maximum absolute atomic E-state index is 12.9. The molecule has 3 rings (SSSR count). The Labute approximate surface area is 204 Å². The third-order valence-corrected chi connectivity index (χ3v) is 5.54. The van der Waals surface area contributed by atoms with Gasteiger partial charge < -0.3 is 20.5 Å². The number of halogens is 2. The van der Waals surface area contributed by atoms with Gasteiger partial charge in [-0.05, 0) is 45.4 Å². The van der Waals surface area contributed by atoms with Crippen molar-refractivity contribution < 1.29 is 18.3 Å². The van der Waals surface area contributed by atoms with E-state index in [-0.39, 0.29) is 25.5 Å². The second-order valence-corrected chi connectivity index (χ2v) is 8.81. The Kier molecular flexibility index (Phi) is 9.41. The van der Waals surface area contributed by atoms with Gasteiger partial charge in [0.05, 0.1) is 30.8 Å². The van der Waals surface area contributed by atoms with Gasteiger partial charge in [-0.3, -0.25) is 4.98 Å². The van der Waals surface area contributed by atoms with Crippen molar-refractivity contribution in [3.05, 3.63) is 36.0 Å². The molecule has 0 fully saturated rings. The first-order valence-electron chi connectivity index (χ1n) is 11.9. The van der Waals surface area contributed by atoms with E-state index in [0.29, 0.717) is 36.9 Å². The first-order chi connectivity index (χ1) is 16.7. The number of ether oxygens (including phenoxy) is 2. The standard InChI is InChI=1S/C24H35F2N7O2/c1-5-28-17(3)20-11-19(16(2)12-29-20)21-13-33-22(30-15-31-33)23(32-21)35-10-6-9-34-14-18(27)7-8-24(4,25)26/h11-13,15,17-18,28H,5-10,14,27H2,1-4H3/t17-,18+/m1/s1. The zero-order valence-corrected chi connectivity index (χ0v) is 20.8. The van der Waals surface area contributed by atoms with Gasteiger partial charge in [-0.1, -0.05) is 6.92 Å². The molecular formula is C24H35F2N7O2. The Balaban J connectivity index is 1.62. The number of hydrogen-bond acceptors (Lipinski definition) is 8. The van der Waals surface area contributed by atoms with Crippen LogP contribution in [0.1, 0.15) is 57.3 Å². The van der Waals surface area contributed by atoms with Gasteiger partial charge in [0.1, 0.15) is 6.33 Å². The fourth-order valence-corrected chi connectivity index (χ4v) is 3.58. The van der Waals surface area contributed by atoms with Gasteiger partial charge in [0.2, 0.25) is 11.6 Å². The minimum atomic E-state index is -2.71. The highest BCUT2D eigenvalue weighted by Crippen LogP contribution is 2.27. The highest BCUT2D eigenvalue weighted by atomic mass is 19.3. The van der Waals surface area contributed by atoms with Crippen LogP contribution in [0, 0.1) is 6.92 Å². The number of alkyl halides is 2. The number of rotatable bonds is 14. The summed E-state index contributed by atoms with van der Waals surface area (Å²) < 4.78 is 38.9. The number of aryl methyl sites for hydroxylation is 1. The van der Waals surface area contributed by atoms with Crippen LogP contribution in [0.5, 0.6) is 5.88 Å². The molecule has 11 heteroatoms. The van der Waals surface area contributed by atoms with Gasteiger partial charge in [0, 0.05) is 43.3 Å². The van der Waals surface area contributed by atoms with E-state index in [0.717, 1.165) is 30.3 Å². The van der Waals surface area contributed by atoms with Crippen LogP contribution in [0.3, 0.4) is 0 Å². The monoisotopic (exact) mass is 491 g/mol. The molecule has 2 atom stereocenters. The van der Waals surface area contributed by atoms with Crippen molar-refractivity contribution in [2.75, 3.05) is 26.4 Å². The summed E-state index contributed by atoms with van der Waals surface area (Å²) in [6.07, 6.45) is 5.67. The molecule has 3 aromatic rings. The van der Waals surface area contributed by atoms with Crippen LogP contribution in [0.25, 0.3) is 16.9 Å². The molecule has 3 heterocycles. The molecule has 0 bridgehead atoms. The molecule has 0 amide bonds. The van der Waals surface area contributed by atoms with E-state index < -0.39 is 12.0 Å². The second-order valence-electron chi connectivity index (χ2n) is 8.81. The predicted octanol–water partition coefficient (Wildman–Crippen LogP) is 3.71. The largest absolute Gasteiger partial charge is 0.475 e. The number of pyridine rings is 1. The van der Waals surface area contributed by atoms with Gasteiger partial charge in [0.25, 0.3) is 5.88 Å². The predicted molar refractivity (Wildman–Crippen MR) is 130 cm³/mol. The Morgan fingerprint density at radius 3 is 2.80 bits per heavy atom. The average Bonchev–Trinajstić information content (AvgIpc) is 3.28. The summed E-state index contributed by atoms with van der Waals surface area (Å²) in [4.78, 5) is 13.5. The van der Waals surface area contributed by atoms with E-state index in [1.165, 1.54) is 6.33 Å². The van der Waals surface area contributed by atoms with Gasteiger partial charge in [0.15, 0.2) is 0 Å². The van der Waals surface area contributed by atoms with E-state index in [4.69, 9.17) is 20.2 Å². The molecule has 9 nitrogen and oxygen atoms in total. The van der Waals surface area contributed by atoms with Crippen molar-refractivity contribution in [1.82, 2.24) is 29.9 Å². The summed E-state index contributed by atoms with van der Waals surface area (Å²) in [6, 6.07) is 1.72. The lowest BCUT2D eigenvalue weighted by molar-refractivity contribution is 0.00573. The van der Waals surface area contributed by atoms with E-state index >= 15 is 0 Å². The zero-order valence-electron chi connectivity index (χ0n) is 20.8. The first kappa shape index (κ1) is 26.8. The Morgan fingerprint density at radius 2 is 2.06 bits per heavy atom. The molecule has 0 unspecified atom stereocenters. The Morgan fingerprint density at radius 1 is 1.26 bits per heavy atom. The van der Waals surface area contributed by atoms with Crippen LogP contribution in [0.15, 0.2) is 24.8 Å². The number of fused-ring (bicyclic) bond motifs is 1. The lowest BCUT2D eigenvalue weighted by Crippen LogP contribution is -2.28. The van der Waals surface area contributed by atoms with Gasteiger partial charge in [-0.2, -0.15) is 5.10 Å². The number of aromatic nitrogens is 5. The summed E-state index contributed by atoms with van der Waals surface area (Å²) in [6.45, 7) is 8.83. The van der Waals surface area contributed by atoms with Gasteiger partial charge in [-0.15, -0.1) is 0 Å². The summed E-state index contributed by atoms with van der Waals surface area (Å²) >= 11 is 0. The van der Waals surface area contributed by atoms with Gasteiger partial charge >= 0.3 is 0 Å². The SMILES string of the molecule is CCN[C@H](C)c1cc(-c2cn3ncnc3c(OCCCOC[C@@H](N)CCC(C)(F)F)n2)c(C)cn1. The quantitative estimate of drug-likeness (QED) is 0.328. The fourth-order valence-electron chi connectivity index (χ4n) is 3.58. The first-order valence-corrected chi connectivity index (χ1v) is 11.9. The average molecular weight is 492 g/mol. The van der Waals surface area contributed by atoms with Crippen LogP contribution in [-0.4, -0.2) is 62.9 Å². The van der Waals surface area contributed by atoms with Crippen LogP contribution in [0.4, 0.5) is 8.78 Å². The van der Waals surface area contributed by atoms with Crippen molar-refractivity contribution in [3.63, 3.8) is 0 Å². The number of nitrogens with two attached hydrogens (primary N) is 1. The molecule has 3 aromatic heterocycles. The van der Waals surface area contributed by atoms with E-state index in [2.05, 4.69) is 34.2 Å². The van der Waals surface area contributed by atoms with Crippen molar-refractivity contribution in [3.8, 4) is 17.1 Å². The molecule has 0 radical (unpaired) electrons. The lowest BCUT2D eigenvalue weighted by Gasteiger charge is -2.15. The number of nitrogens with zero attached hydrogens (tertiary/aromatic N) is 5. The fraction of sp³-hybridized carbons (Fsp3) is 0.583. The minimum absolute atomic E-state index is 0.108. The summed E-state index contributed by atoms with van der Waals surface area (Å²) in [5.74, 6) is -2.33. The van der Waals surface area contributed by atoms with Crippen LogP contribution in [0.2, 0.25) is 0 Å². The maximum Gasteiger partial charge on any atom is 0.260 e. The highest BCUT2D eigenvalue weighted by molar-refractivity contribution is 5.65. The highest BCUT2D eigenvalue weighted by Gasteiger charge is 2.22. The van der Waals surface area contributed by atoms with Crippen molar-refractivity contribution in [2.45, 2.75) is 65.0 Å². The number of nitrogens with one attached hydrogen (secondary N) is 1. The van der Waals surface area contributed by atoms with E-state index in [9.17, 15) is 8.78 Å². The summed E-state index contributed by atoms with van der Waals surface area (Å²) in [5, 5.41) is 7.63. The van der Waals surface area contributed by atoms with Crippen molar-refractivity contribution in [1.29, 1.82) is 0 Å². The topological polar surface area (TPSA) is 112 Å². The normalized spacial score (nSPS) is 13.8. The van der Waals surface area contributed by atoms with Crippen molar-refractivity contribution in [2.24, 2.45) is 5.73 Å². The van der Waals surface area contributed by atoms with Crippen LogP contribution >= 0.6 is 0 Å². The molecule has 0 aliphatic rings. The molecule has 0 saturated carbocycles. The van der Waals surface area contributed by atoms with Crippen LogP contribution < -0.4 is 15.8 Å². The smallest absolute Gasteiger partial charge is 0.260 e. The van der Waals surface area contributed by atoms with E-state index in [1.54, 1.807) is 4.52 Å². The molecule has 0 aromatic carbocycles. The Hall–Kier alpha value is -2.76. The maximum atomic E-state index is 12.9. The van der Waals surface area contributed by atoms with Crippen molar-refractivity contribution >= 4 is 5.65 Å². The molecule has 35 heavy (non-hydrogen) atoms. The molecule has 0 aliphatic carbocycles. The summed E-state index contributed by atoms with van der Waals surface area (Å²) in [7, 11) is 0. The molecule has 0 saturated heterocycles. The Bertz CT molecular complexity index is 1090. The third kappa shape index (κ3) is 7.87. The molecule has 3 N–H and O–H groups in total. The molecule has 0 spiro atoms. The lowest BCUT2D eigenvalue weighted by atomic mass is 10.0. The minimum Gasteiger partial charge on any atom is -0.475 e. The van der Waals surface area contributed by atoms with Gasteiger partial charge in [-0.25, -0.2) is 23.3 Å². The molecule has 0 aliphatic heterocycles. The summed E-state index contributed by atoms with van der Waals surface area (Å²) in [5.41, 5.74) is 9.92. The third-order valence-electron chi connectivity index (χ3n) is 5.54. The molecule has 192 valence electrons.